The van der Waals surface area contributed by atoms with Gasteiger partial charge in [0.25, 0.3) is 0 Å². The molecular formula is C17H15F3N2. The highest BCUT2D eigenvalue weighted by atomic mass is 19.4. The molecule has 0 amide bonds. The summed E-state index contributed by atoms with van der Waals surface area (Å²) in [5.74, 6) is 0.323. The maximum atomic E-state index is 12.4. The normalized spacial score (nSPS) is 12.8. The van der Waals surface area contributed by atoms with E-state index in [0.717, 1.165) is 17.7 Å². The molecule has 0 radical (unpaired) electrons. The quantitative estimate of drug-likeness (QED) is 0.664. The van der Waals surface area contributed by atoms with Gasteiger partial charge in [0.15, 0.2) is 0 Å². The van der Waals surface area contributed by atoms with Gasteiger partial charge in [-0.25, -0.2) is 0 Å². The number of nitrogens with two attached hydrogens (primary N) is 1. The maximum absolute atomic E-state index is 12.4. The summed E-state index contributed by atoms with van der Waals surface area (Å²) in [4.78, 5) is 4.13. The number of hydrogen-bond acceptors (Lipinski definition) is 1. The molecule has 22 heavy (non-hydrogen) atoms. The molecule has 0 saturated carbocycles. The minimum atomic E-state index is -4.32. The monoisotopic (exact) mass is 304 g/mol. The highest BCUT2D eigenvalue weighted by Crippen LogP contribution is 2.29. The van der Waals surface area contributed by atoms with E-state index in [4.69, 9.17) is 5.73 Å². The Morgan fingerprint density at radius 2 is 1.64 bits per heavy atom. The maximum Gasteiger partial charge on any atom is 0.416 e. The second kappa shape index (κ2) is 6.93. The van der Waals surface area contributed by atoms with Crippen molar-refractivity contribution in [1.29, 1.82) is 0 Å². The van der Waals surface area contributed by atoms with E-state index in [0.29, 0.717) is 11.4 Å². The van der Waals surface area contributed by atoms with Crippen molar-refractivity contribution in [3.8, 4) is 0 Å². The molecule has 0 bridgehead atoms. The van der Waals surface area contributed by atoms with Gasteiger partial charge in [0, 0.05) is 0 Å². The van der Waals surface area contributed by atoms with Crippen molar-refractivity contribution in [3.05, 3.63) is 77.4 Å². The summed E-state index contributed by atoms with van der Waals surface area (Å²) in [5.41, 5.74) is 6.75. The fourth-order valence-electron chi connectivity index (χ4n) is 1.78. The van der Waals surface area contributed by atoms with Gasteiger partial charge in [0.05, 0.1) is 12.1 Å². The Bertz CT molecular complexity index is 657. The van der Waals surface area contributed by atoms with E-state index < -0.39 is 11.7 Å². The Kier molecular flexibility index (Phi) is 4.99. The minimum Gasteiger partial charge on any atom is -0.384 e. The molecular weight excluding hydrogens is 289 g/mol. The molecule has 5 heteroatoms. The number of halogens is 3. The molecule has 0 unspecified atom stereocenters. The zero-order chi connectivity index (χ0) is 16.0. The van der Waals surface area contributed by atoms with E-state index in [-0.39, 0.29) is 6.54 Å². The molecule has 0 heterocycles. The van der Waals surface area contributed by atoms with Gasteiger partial charge in [-0.1, -0.05) is 48.5 Å². The summed E-state index contributed by atoms with van der Waals surface area (Å²) in [7, 11) is 0. The third-order valence-electron chi connectivity index (χ3n) is 2.97. The number of alkyl halides is 3. The Morgan fingerprint density at radius 1 is 1.00 bits per heavy atom. The first-order chi connectivity index (χ1) is 10.4. The predicted molar refractivity (Wildman–Crippen MR) is 82.2 cm³/mol. The standard InChI is InChI=1S/C17H15F3N2/c18-17(19,20)15-9-6-14(7-10-15)12-22-16(21)11-8-13-4-2-1-3-5-13/h1-11H,12H2,(H2,21,22)/b11-8+. The van der Waals surface area contributed by atoms with E-state index in [2.05, 4.69) is 4.99 Å². The Labute approximate surface area is 126 Å². The molecule has 114 valence electrons. The predicted octanol–water partition coefficient (Wildman–Crippen LogP) is 4.28. The fraction of sp³-hybridized carbons (Fsp3) is 0.118. The number of aliphatic imine (C=N–C) groups is 1. The Morgan fingerprint density at radius 3 is 2.23 bits per heavy atom. The van der Waals surface area contributed by atoms with Crippen LogP contribution in [0.1, 0.15) is 16.7 Å². The lowest BCUT2D eigenvalue weighted by molar-refractivity contribution is -0.137. The average molecular weight is 304 g/mol. The zero-order valence-electron chi connectivity index (χ0n) is 11.7. The van der Waals surface area contributed by atoms with Crippen LogP contribution in [0.4, 0.5) is 13.2 Å². The summed E-state index contributed by atoms with van der Waals surface area (Å²) in [5, 5.41) is 0. The largest absolute Gasteiger partial charge is 0.416 e. The molecule has 0 saturated heterocycles. The highest BCUT2D eigenvalue weighted by Gasteiger charge is 2.29. The molecule has 0 aliphatic rings. The van der Waals surface area contributed by atoms with Crippen LogP contribution in [0.25, 0.3) is 6.08 Å². The molecule has 2 aromatic carbocycles. The first-order valence-electron chi connectivity index (χ1n) is 6.64. The molecule has 2 nitrogen and oxygen atoms in total. The van der Waals surface area contributed by atoms with Gasteiger partial charge >= 0.3 is 6.18 Å². The first-order valence-corrected chi connectivity index (χ1v) is 6.64. The van der Waals surface area contributed by atoms with Crippen molar-refractivity contribution in [2.24, 2.45) is 10.7 Å². The Balaban J connectivity index is 1.97. The molecule has 0 atom stereocenters. The molecule has 0 aliphatic carbocycles. The van der Waals surface area contributed by atoms with Crippen molar-refractivity contribution < 1.29 is 13.2 Å². The highest BCUT2D eigenvalue weighted by molar-refractivity contribution is 5.95. The summed E-state index contributed by atoms with van der Waals surface area (Å²) in [6.07, 6.45) is -0.829. The van der Waals surface area contributed by atoms with E-state index >= 15 is 0 Å². The lowest BCUT2D eigenvalue weighted by Gasteiger charge is -2.06. The van der Waals surface area contributed by atoms with Crippen LogP contribution in [0.2, 0.25) is 0 Å². The van der Waals surface area contributed by atoms with Crippen LogP contribution in [0, 0.1) is 0 Å². The van der Waals surface area contributed by atoms with E-state index in [1.54, 1.807) is 6.08 Å². The third kappa shape index (κ3) is 4.77. The summed E-state index contributed by atoms with van der Waals surface area (Å²) < 4.78 is 37.3. The molecule has 0 spiro atoms. The van der Waals surface area contributed by atoms with E-state index in [1.165, 1.54) is 12.1 Å². The first kappa shape index (κ1) is 15.8. The molecule has 2 rings (SSSR count). The number of rotatable bonds is 4. The minimum absolute atomic E-state index is 0.239. The Hall–Kier alpha value is -2.56. The number of benzene rings is 2. The van der Waals surface area contributed by atoms with Crippen LogP contribution in [0.5, 0.6) is 0 Å². The van der Waals surface area contributed by atoms with Gasteiger partial charge in [-0.2, -0.15) is 13.2 Å². The van der Waals surface area contributed by atoms with E-state index in [1.807, 2.05) is 36.4 Å². The smallest absolute Gasteiger partial charge is 0.384 e. The van der Waals surface area contributed by atoms with Crippen molar-refractivity contribution >= 4 is 11.9 Å². The summed E-state index contributed by atoms with van der Waals surface area (Å²) in [6.45, 7) is 0.239. The third-order valence-corrected chi connectivity index (χ3v) is 2.97. The summed E-state index contributed by atoms with van der Waals surface area (Å²) in [6, 6.07) is 14.5. The lowest BCUT2D eigenvalue weighted by atomic mass is 10.1. The van der Waals surface area contributed by atoms with Gasteiger partial charge in [0.1, 0.15) is 5.84 Å². The molecule has 0 aromatic heterocycles. The van der Waals surface area contributed by atoms with Crippen LogP contribution in [-0.2, 0) is 12.7 Å². The van der Waals surface area contributed by atoms with Crippen molar-refractivity contribution in [3.63, 3.8) is 0 Å². The number of amidine groups is 1. The molecule has 0 aliphatic heterocycles. The van der Waals surface area contributed by atoms with Crippen LogP contribution in [0.3, 0.4) is 0 Å². The summed E-state index contributed by atoms with van der Waals surface area (Å²) >= 11 is 0. The fourth-order valence-corrected chi connectivity index (χ4v) is 1.78. The van der Waals surface area contributed by atoms with Gasteiger partial charge < -0.3 is 5.73 Å². The topological polar surface area (TPSA) is 38.4 Å². The van der Waals surface area contributed by atoms with Gasteiger partial charge in [-0.15, -0.1) is 0 Å². The van der Waals surface area contributed by atoms with Crippen molar-refractivity contribution in [1.82, 2.24) is 0 Å². The van der Waals surface area contributed by atoms with Gasteiger partial charge in [0.2, 0.25) is 0 Å². The molecule has 0 fully saturated rings. The number of nitrogens with zero attached hydrogens (tertiary/aromatic N) is 1. The van der Waals surface area contributed by atoms with Crippen molar-refractivity contribution in [2.75, 3.05) is 0 Å². The average Bonchev–Trinajstić information content (AvgIpc) is 2.51. The van der Waals surface area contributed by atoms with Crippen LogP contribution in [0.15, 0.2) is 65.7 Å². The van der Waals surface area contributed by atoms with E-state index in [9.17, 15) is 13.2 Å². The second-order valence-corrected chi connectivity index (χ2v) is 4.68. The van der Waals surface area contributed by atoms with Crippen LogP contribution < -0.4 is 5.73 Å². The zero-order valence-corrected chi connectivity index (χ0v) is 11.7. The second-order valence-electron chi connectivity index (χ2n) is 4.68. The number of hydrogen-bond donors (Lipinski definition) is 1. The van der Waals surface area contributed by atoms with Gasteiger partial charge in [-0.05, 0) is 29.3 Å². The lowest BCUT2D eigenvalue weighted by Crippen LogP contribution is -2.08. The SMILES string of the molecule is NC(/C=C/c1ccccc1)=NCc1ccc(C(F)(F)F)cc1. The molecule has 2 N–H and O–H groups in total. The van der Waals surface area contributed by atoms with Gasteiger partial charge in [-0.3, -0.25) is 4.99 Å². The van der Waals surface area contributed by atoms with Crippen LogP contribution >= 0.6 is 0 Å². The van der Waals surface area contributed by atoms with Crippen molar-refractivity contribution in [2.45, 2.75) is 12.7 Å². The molecule has 2 aromatic rings. The van der Waals surface area contributed by atoms with Crippen LogP contribution in [-0.4, -0.2) is 5.84 Å².